The van der Waals surface area contributed by atoms with Crippen molar-refractivity contribution in [3.63, 3.8) is 0 Å². The molecule has 2 amide bonds. The number of anilines is 1. The van der Waals surface area contributed by atoms with Crippen molar-refractivity contribution in [3.05, 3.63) is 89.1 Å². The number of pyridine rings is 1. The van der Waals surface area contributed by atoms with Crippen LogP contribution in [0.15, 0.2) is 60.8 Å². The van der Waals surface area contributed by atoms with E-state index in [9.17, 15) is 23.5 Å². The van der Waals surface area contributed by atoms with Crippen LogP contribution in [0.5, 0.6) is 5.75 Å². The molecule has 7 nitrogen and oxygen atoms in total. The maximum atomic E-state index is 13.6. The van der Waals surface area contributed by atoms with Crippen LogP contribution in [-0.4, -0.2) is 27.9 Å². The predicted molar refractivity (Wildman–Crippen MR) is 119 cm³/mol. The number of carbonyl (C=O) groups excluding carboxylic acids is 2. The highest BCUT2D eigenvalue weighted by molar-refractivity contribution is 5.88. The Morgan fingerprint density at radius 3 is 2.48 bits per heavy atom. The molecule has 1 heterocycles. The first kappa shape index (κ1) is 23.6. The molecule has 0 saturated carbocycles. The summed E-state index contributed by atoms with van der Waals surface area (Å²) in [6.07, 6.45) is 1.93. The second-order valence-corrected chi connectivity index (χ2v) is 7.55. The van der Waals surface area contributed by atoms with Crippen molar-refractivity contribution in [1.29, 1.82) is 0 Å². The van der Waals surface area contributed by atoms with Gasteiger partial charge >= 0.3 is 0 Å². The highest BCUT2D eigenvalue weighted by atomic mass is 19.2. The summed E-state index contributed by atoms with van der Waals surface area (Å²) in [5.74, 6) is -2.46. The number of phenols is 1. The number of aromatic hydroxyl groups is 1. The normalized spacial score (nSPS) is 11.6. The van der Waals surface area contributed by atoms with Crippen molar-refractivity contribution in [1.82, 2.24) is 15.6 Å². The van der Waals surface area contributed by atoms with Crippen LogP contribution in [-0.2, 0) is 29.0 Å². The van der Waals surface area contributed by atoms with E-state index in [0.29, 0.717) is 23.4 Å². The van der Waals surface area contributed by atoms with Crippen LogP contribution in [0.2, 0.25) is 0 Å². The fraction of sp³-hybridized carbons (Fsp3) is 0.208. The number of aromatic nitrogens is 1. The minimum absolute atomic E-state index is 0.0269. The molecular weight excluding hydrogens is 430 g/mol. The fourth-order valence-electron chi connectivity index (χ4n) is 3.20. The number of nitrogens with one attached hydrogen (secondary N) is 2. The van der Waals surface area contributed by atoms with E-state index in [4.69, 9.17) is 5.73 Å². The molecule has 0 aliphatic carbocycles. The molecule has 1 atom stereocenters. The Bertz CT molecular complexity index is 1120. The summed E-state index contributed by atoms with van der Waals surface area (Å²) < 4.78 is 26.9. The lowest BCUT2D eigenvalue weighted by Crippen LogP contribution is -2.47. The van der Waals surface area contributed by atoms with Gasteiger partial charge in [0, 0.05) is 25.6 Å². The van der Waals surface area contributed by atoms with E-state index in [1.54, 1.807) is 30.3 Å². The fourth-order valence-corrected chi connectivity index (χ4v) is 3.20. The van der Waals surface area contributed by atoms with Gasteiger partial charge in [-0.15, -0.1) is 0 Å². The summed E-state index contributed by atoms with van der Waals surface area (Å²) >= 11 is 0. The first-order chi connectivity index (χ1) is 15.8. The van der Waals surface area contributed by atoms with Gasteiger partial charge in [0.25, 0.3) is 0 Å². The average Bonchev–Trinajstić information content (AvgIpc) is 2.79. The number of carbonyl (C=O) groups is 2. The lowest BCUT2D eigenvalue weighted by atomic mass is 10.0. The molecule has 0 bridgehead atoms. The number of aryl methyl sites for hydroxylation is 1. The van der Waals surface area contributed by atoms with Crippen LogP contribution in [0.25, 0.3) is 0 Å². The average molecular weight is 454 g/mol. The first-order valence-electron chi connectivity index (χ1n) is 10.3. The molecule has 0 aliphatic rings. The van der Waals surface area contributed by atoms with Crippen LogP contribution < -0.4 is 16.4 Å². The van der Waals surface area contributed by atoms with Crippen LogP contribution in [0, 0.1) is 11.6 Å². The summed E-state index contributed by atoms with van der Waals surface area (Å²) in [7, 11) is 0. The lowest BCUT2D eigenvalue weighted by Gasteiger charge is -2.19. The number of rotatable bonds is 9. The third-order valence-electron chi connectivity index (χ3n) is 4.94. The number of nitrogens with two attached hydrogens (primary N) is 1. The van der Waals surface area contributed by atoms with Crippen LogP contribution >= 0.6 is 0 Å². The zero-order valence-electron chi connectivity index (χ0n) is 17.7. The second-order valence-electron chi connectivity index (χ2n) is 7.55. The molecule has 3 rings (SSSR count). The number of nitrogen functional groups attached to an aromatic ring is 1. The minimum Gasteiger partial charge on any atom is -0.508 e. The van der Waals surface area contributed by atoms with Gasteiger partial charge in [-0.25, -0.2) is 13.8 Å². The number of nitrogens with zero attached hydrogens (tertiary/aromatic N) is 1. The van der Waals surface area contributed by atoms with Crippen molar-refractivity contribution >= 4 is 17.6 Å². The summed E-state index contributed by atoms with van der Waals surface area (Å²) in [5.41, 5.74) is 7.39. The second kappa shape index (κ2) is 11.0. The summed E-state index contributed by atoms with van der Waals surface area (Å²) in [5, 5.41) is 14.9. The van der Waals surface area contributed by atoms with Crippen molar-refractivity contribution in [2.24, 2.45) is 0 Å². The smallest absolute Gasteiger partial charge is 0.243 e. The number of amides is 2. The van der Waals surface area contributed by atoms with Crippen LogP contribution in [0.3, 0.4) is 0 Å². The molecule has 0 radical (unpaired) electrons. The number of benzene rings is 2. The molecule has 9 heteroatoms. The molecular formula is C24H24F2N4O3. The van der Waals surface area contributed by atoms with E-state index >= 15 is 0 Å². The zero-order valence-corrected chi connectivity index (χ0v) is 17.7. The molecule has 0 aliphatic heterocycles. The highest BCUT2D eigenvalue weighted by Crippen LogP contribution is 2.14. The first-order valence-corrected chi connectivity index (χ1v) is 10.3. The lowest BCUT2D eigenvalue weighted by molar-refractivity contribution is -0.129. The molecule has 172 valence electrons. The van der Waals surface area contributed by atoms with Crippen molar-refractivity contribution in [2.45, 2.75) is 31.8 Å². The molecule has 0 spiro atoms. The summed E-state index contributed by atoms with van der Waals surface area (Å²) in [4.78, 5) is 29.3. The van der Waals surface area contributed by atoms with Gasteiger partial charge in [0.1, 0.15) is 17.6 Å². The van der Waals surface area contributed by atoms with E-state index in [-0.39, 0.29) is 25.1 Å². The van der Waals surface area contributed by atoms with Crippen LogP contribution in [0.1, 0.15) is 23.1 Å². The Morgan fingerprint density at radius 2 is 1.79 bits per heavy atom. The minimum atomic E-state index is -1.03. The summed E-state index contributed by atoms with van der Waals surface area (Å²) in [6.45, 7) is 0.152. The molecule has 0 unspecified atom stereocenters. The van der Waals surface area contributed by atoms with Gasteiger partial charge < -0.3 is 21.5 Å². The third kappa shape index (κ3) is 7.27. The maximum Gasteiger partial charge on any atom is 0.243 e. The quantitative estimate of drug-likeness (QED) is 0.397. The van der Waals surface area contributed by atoms with Gasteiger partial charge in [-0.05, 0) is 53.4 Å². The monoisotopic (exact) mass is 454 g/mol. The van der Waals surface area contributed by atoms with E-state index in [1.807, 2.05) is 0 Å². The molecule has 2 aromatic carbocycles. The Labute approximate surface area is 189 Å². The van der Waals surface area contributed by atoms with Gasteiger partial charge in [-0.2, -0.15) is 0 Å². The van der Waals surface area contributed by atoms with Gasteiger partial charge in [0.15, 0.2) is 11.6 Å². The standard InChI is InChI=1S/C24H24F2N4O3/c25-19-7-4-16(11-20(19)26)12-21(24(33)29-14-17-5-8-22(27)28-13-17)30-23(32)9-6-15-2-1-3-18(31)10-15/h1-5,7-8,10-11,13,21,31H,6,9,12,14H2,(H2,27,28)(H,29,33)(H,30,32)/t21-/m0/s1. The largest absolute Gasteiger partial charge is 0.508 e. The molecule has 3 aromatic rings. The van der Waals surface area contributed by atoms with E-state index in [1.165, 1.54) is 18.3 Å². The van der Waals surface area contributed by atoms with Crippen molar-refractivity contribution < 1.29 is 23.5 Å². The highest BCUT2D eigenvalue weighted by Gasteiger charge is 2.22. The Balaban J connectivity index is 1.66. The van der Waals surface area contributed by atoms with E-state index in [2.05, 4.69) is 15.6 Å². The molecule has 33 heavy (non-hydrogen) atoms. The maximum absolute atomic E-state index is 13.6. The Kier molecular flexibility index (Phi) is 7.91. The van der Waals surface area contributed by atoms with Gasteiger partial charge in [-0.1, -0.05) is 24.3 Å². The number of halogens is 2. The predicted octanol–water partition coefficient (Wildman–Crippen LogP) is 2.62. The Morgan fingerprint density at radius 1 is 1.00 bits per heavy atom. The number of hydrogen-bond acceptors (Lipinski definition) is 5. The van der Waals surface area contributed by atoms with Gasteiger partial charge in [-0.3, -0.25) is 9.59 Å². The molecule has 0 saturated heterocycles. The third-order valence-corrected chi connectivity index (χ3v) is 4.94. The van der Waals surface area contributed by atoms with Crippen LogP contribution in [0.4, 0.5) is 14.6 Å². The number of hydrogen-bond donors (Lipinski definition) is 4. The van der Waals surface area contributed by atoms with E-state index in [0.717, 1.165) is 17.7 Å². The molecule has 5 N–H and O–H groups in total. The summed E-state index contributed by atoms with van der Waals surface area (Å²) in [6, 6.07) is 12.2. The topological polar surface area (TPSA) is 117 Å². The SMILES string of the molecule is Nc1ccc(CNC(=O)[C@H](Cc2ccc(F)c(F)c2)NC(=O)CCc2cccc(O)c2)cn1. The van der Waals surface area contributed by atoms with Gasteiger partial charge in [0.2, 0.25) is 11.8 Å². The van der Waals surface area contributed by atoms with Crippen molar-refractivity contribution in [3.8, 4) is 5.75 Å². The van der Waals surface area contributed by atoms with Crippen molar-refractivity contribution in [2.75, 3.05) is 5.73 Å². The molecule has 1 aromatic heterocycles. The zero-order chi connectivity index (χ0) is 23.8. The van der Waals surface area contributed by atoms with Gasteiger partial charge in [0.05, 0.1) is 0 Å². The Hall–Kier alpha value is -4.01. The van der Waals surface area contributed by atoms with E-state index < -0.39 is 29.5 Å². The molecule has 0 fully saturated rings. The number of phenolic OH excluding ortho intramolecular Hbond substituents is 1.